The summed E-state index contributed by atoms with van der Waals surface area (Å²) in [5.41, 5.74) is 10.0. The van der Waals surface area contributed by atoms with E-state index >= 15 is 0 Å². The van der Waals surface area contributed by atoms with Gasteiger partial charge in [-0.1, -0.05) is 152 Å². The van der Waals surface area contributed by atoms with Crippen LogP contribution in [0.1, 0.15) is 48.7 Å². The van der Waals surface area contributed by atoms with E-state index in [4.69, 9.17) is 19.9 Å². The summed E-state index contributed by atoms with van der Waals surface area (Å²) >= 11 is 0. The Morgan fingerprint density at radius 1 is 0.580 bits per heavy atom. The van der Waals surface area contributed by atoms with Crippen LogP contribution in [0.5, 0.6) is 0 Å². The highest BCUT2D eigenvalue weighted by Gasteiger charge is 2.20. The van der Waals surface area contributed by atoms with Gasteiger partial charge >= 0.3 is 0 Å². The van der Waals surface area contributed by atoms with E-state index < -0.39 is 0 Å². The smallest absolute Gasteiger partial charge is 0.163 e. The predicted octanol–water partition coefficient (Wildman–Crippen LogP) is 10.9. The number of allylic oxidation sites excluding steroid dienone is 4. The molecule has 0 radical (unpaired) electrons. The molecular weight excluding hydrogens is 611 g/mol. The maximum absolute atomic E-state index is 5.10. The summed E-state index contributed by atoms with van der Waals surface area (Å²) in [6.45, 7) is 8.05. The molecule has 0 N–H and O–H groups in total. The Kier molecular flexibility index (Phi) is 9.56. The van der Waals surface area contributed by atoms with Crippen molar-refractivity contribution >= 4 is 22.8 Å². The summed E-state index contributed by atoms with van der Waals surface area (Å²) in [5.74, 6) is 2.72. The van der Waals surface area contributed by atoms with Crippen molar-refractivity contribution in [3.8, 4) is 33.9 Å². The zero-order valence-electron chi connectivity index (χ0n) is 28.2. The van der Waals surface area contributed by atoms with Crippen LogP contribution in [-0.4, -0.2) is 26.5 Å². The fourth-order valence-corrected chi connectivity index (χ4v) is 6.07. The lowest BCUT2D eigenvalue weighted by Crippen LogP contribution is -2.09. The van der Waals surface area contributed by atoms with Gasteiger partial charge in [0.2, 0.25) is 0 Å². The standard InChI is InChI=1S/C45H37N5/c1-31(34-16-7-4-8-17-34)46-33(3)47-32(2)37-22-13-24-39(28-37)40-25-15-27-42(30-40)45-49-43(36-20-11-6-12-21-36)48-44(50-45)41-26-14-23-38(29-41)35-18-9-5-10-19-35/h4-26,28-30,42H,1,27H2,2-3H3. The van der Waals surface area contributed by atoms with Crippen LogP contribution in [-0.2, 0) is 0 Å². The van der Waals surface area contributed by atoms with Crippen molar-refractivity contribution in [1.29, 1.82) is 0 Å². The topological polar surface area (TPSA) is 63.4 Å². The molecule has 5 heteroatoms. The van der Waals surface area contributed by atoms with Crippen LogP contribution in [0.4, 0.5) is 0 Å². The molecule has 6 aromatic rings. The average molecular weight is 648 g/mol. The Balaban J connectivity index is 1.21. The monoisotopic (exact) mass is 647 g/mol. The zero-order chi connectivity index (χ0) is 34.3. The third-order valence-electron chi connectivity index (χ3n) is 8.66. The Bertz CT molecular complexity index is 2270. The first-order chi connectivity index (χ1) is 24.5. The second-order valence-electron chi connectivity index (χ2n) is 12.3. The van der Waals surface area contributed by atoms with Crippen molar-refractivity contribution in [2.45, 2.75) is 26.2 Å². The lowest BCUT2D eigenvalue weighted by Gasteiger charge is -2.18. The van der Waals surface area contributed by atoms with E-state index in [0.29, 0.717) is 23.2 Å². The van der Waals surface area contributed by atoms with Crippen molar-refractivity contribution in [2.24, 2.45) is 9.98 Å². The zero-order valence-corrected chi connectivity index (χ0v) is 28.2. The van der Waals surface area contributed by atoms with Gasteiger partial charge in [-0.15, -0.1) is 0 Å². The molecule has 0 fully saturated rings. The molecule has 0 amide bonds. The van der Waals surface area contributed by atoms with Gasteiger partial charge in [-0.3, -0.25) is 0 Å². The van der Waals surface area contributed by atoms with Gasteiger partial charge in [0.05, 0.1) is 5.70 Å². The molecule has 0 bridgehead atoms. The van der Waals surface area contributed by atoms with Crippen molar-refractivity contribution in [3.63, 3.8) is 0 Å². The fourth-order valence-electron chi connectivity index (χ4n) is 6.07. The van der Waals surface area contributed by atoms with Gasteiger partial charge in [-0.2, -0.15) is 0 Å². The SMILES string of the molecule is C=C(N=C(C)N=C(C)c1cccc(C2=CC(c3nc(-c4ccccc4)nc(-c4cccc(-c5ccccc5)c4)n3)CC=C2)c1)c1ccccc1. The maximum atomic E-state index is 5.10. The highest BCUT2D eigenvalue weighted by Crippen LogP contribution is 2.33. The number of benzene rings is 5. The quantitative estimate of drug-likeness (QED) is 0.122. The molecule has 1 aliphatic rings. The minimum Gasteiger partial charge on any atom is -0.238 e. The van der Waals surface area contributed by atoms with Gasteiger partial charge in [0.1, 0.15) is 11.7 Å². The molecule has 1 unspecified atom stereocenters. The minimum atomic E-state index is -0.0201. The Morgan fingerprint density at radius 3 is 1.90 bits per heavy atom. The number of amidine groups is 1. The number of aromatic nitrogens is 3. The van der Waals surface area contributed by atoms with E-state index in [-0.39, 0.29) is 5.92 Å². The van der Waals surface area contributed by atoms with Crippen molar-refractivity contribution in [3.05, 3.63) is 187 Å². The van der Waals surface area contributed by atoms with Gasteiger partial charge in [0.25, 0.3) is 0 Å². The minimum absolute atomic E-state index is 0.0201. The van der Waals surface area contributed by atoms with E-state index in [0.717, 1.165) is 62.5 Å². The summed E-state index contributed by atoms with van der Waals surface area (Å²) < 4.78 is 0. The van der Waals surface area contributed by atoms with Crippen molar-refractivity contribution in [2.75, 3.05) is 0 Å². The first-order valence-corrected chi connectivity index (χ1v) is 16.8. The van der Waals surface area contributed by atoms with Gasteiger partial charge < -0.3 is 0 Å². The van der Waals surface area contributed by atoms with E-state index in [9.17, 15) is 0 Å². The summed E-state index contributed by atoms with van der Waals surface area (Å²) in [4.78, 5) is 24.6. The maximum Gasteiger partial charge on any atom is 0.163 e. The molecule has 0 saturated heterocycles. The van der Waals surface area contributed by atoms with Crippen LogP contribution in [0, 0.1) is 0 Å². The second-order valence-corrected chi connectivity index (χ2v) is 12.3. The molecule has 5 aromatic carbocycles. The highest BCUT2D eigenvalue weighted by molar-refractivity contribution is 6.07. The number of hydrogen-bond donors (Lipinski definition) is 0. The van der Waals surface area contributed by atoms with Crippen LogP contribution >= 0.6 is 0 Å². The highest BCUT2D eigenvalue weighted by atomic mass is 15.0. The van der Waals surface area contributed by atoms with Crippen LogP contribution in [0.2, 0.25) is 0 Å². The third kappa shape index (κ3) is 7.53. The average Bonchev–Trinajstić information content (AvgIpc) is 3.19. The van der Waals surface area contributed by atoms with E-state index in [1.807, 2.05) is 80.6 Å². The molecule has 0 spiro atoms. The number of nitrogens with zero attached hydrogens (tertiary/aromatic N) is 5. The van der Waals surface area contributed by atoms with E-state index in [2.05, 4.69) is 103 Å². The number of rotatable bonds is 8. The van der Waals surface area contributed by atoms with E-state index in [1.165, 1.54) is 0 Å². The summed E-state index contributed by atoms with van der Waals surface area (Å²) in [7, 11) is 0. The molecule has 1 atom stereocenters. The molecule has 1 heterocycles. The molecule has 0 saturated carbocycles. The predicted molar refractivity (Wildman–Crippen MR) is 208 cm³/mol. The van der Waals surface area contributed by atoms with Crippen molar-refractivity contribution in [1.82, 2.24) is 15.0 Å². The van der Waals surface area contributed by atoms with Crippen LogP contribution in [0.15, 0.2) is 174 Å². The Labute approximate surface area is 293 Å². The van der Waals surface area contributed by atoms with Gasteiger partial charge in [0.15, 0.2) is 11.6 Å². The molecule has 5 nitrogen and oxygen atoms in total. The molecule has 1 aromatic heterocycles. The lowest BCUT2D eigenvalue weighted by atomic mass is 9.90. The second kappa shape index (κ2) is 14.8. The van der Waals surface area contributed by atoms with Gasteiger partial charge in [-0.05, 0) is 65.8 Å². The summed E-state index contributed by atoms with van der Waals surface area (Å²) in [6.07, 6.45) is 7.46. The van der Waals surface area contributed by atoms with Crippen LogP contribution < -0.4 is 0 Å². The number of aliphatic imine (C=N–C) groups is 2. The number of hydrogen-bond acceptors (Lipinski definition) is 4. The first-order valence-electron chi connectivity index (χ1n) is 16.8. The van der Waals surface area contributed by atoms with Crippen LogP contribution in [0.25, 0.3) is 45.2 Å². The summed E-state index contributed by atoms with van der Waals surface area (Å²) in [6, 6.07) is 47.4. The molecule has 1 aliphatic carbocycles. The fraction of sp³-hybridized carbons (Fsp3) is 0.0889. The largest absolute Gasteiger partial charge is 0.238 e. The lowest BCUT2D eigenvalue weighted by molar-refractivity contribution is 0.766. The molecule has 7 rings (SSSR count). The molecular formula is C45H37N5. The van der Waals surface area contributed by atoms with Crippen LogP contribution in [0.3, 0.4) is 0 Å². The molecule has 50 heavy (non-hydrogen) atoms. The Hall–Kier alpha value is -6.33. The van der Waals surface area contributed by atoms with E-state index in [1.54, 1.807) is 0 Å². The van der Waals surface area contributed by atoms with Crippen molar-refractivity contribution < 1.29 is 0 Å². The summed E-state index contributed by atoms with van der Waals surface area (Å²) in [5, 5.41) is 0. The Morgan fingerprint density at radius 2 is 1.16 bits per heavy atom. The third-order valence-corrected chi connectivity index (χ3v) is 8.66. The molecule has 0 aliphatic heterocycles. The van der Waals surface area contributed by atoms with Gasteiger partial charge in [0, 0.05) is 22.8 Å². The first kappa shape index (κ1) is 32.2. The normalized spacial score (nSPS) is 14.7. The van der Waals surface area contributed by atoms with Gasteiger partial charge in [-0.25, -0.2) is 24.9 Å². The molecule has 242 valence electrons.